The van der Waals surface area contributed by atoms with E-state index in [0.29, 0.717) is 18.1 Å². The normalized spacial score (nSPS) is 30.7. The Balaban J connectivity index is 1.87. The molecule has 5 heteroatoms. The van der Waals surface area contributed by atoms with E-state index in [2.05, 4.69) is 5.32 Å². The van der Waals surface area contributed by atoms with Gasteiger partial charge in [-0.25, -0.2) is 4.79 Å². The van der Waals surface area contributed by atoms with Crippen LogP contribution < -0.4 is 11.1 Å². The molecule has 1 saturated heterocycles. The lowest BCUT2D eigenvalue weighted by molar-refractivity contribution is 0.0240. The largest absolute Gasteiger partial charge is 0.444 e. The van der Waals surface area contributed by atoms with Gasteiger partial charge in [0.25, 0.3) is 0 Å². The number of hydrogen-bond donors (Lipinski definition) is 2. The first-order valence-corrected chi connectivity index (χ1v) is 8.83. The molecule has 0 radical (unpaired) electrons. The topological polar surface area (TPSA) is 67.6 Å². The van der Waals surface area contributed by atoms with Crippen molar-refractivity contribution in [3.05, 3.63) is 0 Å². The molecule has 5 nitrogen and oxygen atoms in total. The van der Waals surface area contributed by atoms with E-state index in [1.165, 1.54) is 12.8 Å². The number of nitrogens with one attached hydrogen (secondary N) is 1. The monoisotopic (exact) mass is 311 g/mol. The standard InChI is InChI=1S/C17H33N3O2/c1-17(2,3)22-16(21)20-10-5-4-8-15(12-20)19-14-9-6-7-13(18)11-14/h13-15,19H,4-12,18H2,1-3H3. The summed E-state index contributed by atoms with van der Waals surface area (Å²) < 4.78 is 5.53. The smallest absolute Gasteiger partial charge is 0.410 e. The van der Waals surface area contributed by atoms with Gasteiger partial charge in [-0.05, 0) is 52.9 Å². The van der Waals surface area contributed by atoms with Crippen molar-refractivity contribution < 1.29 is 9.53 Å². The lowest BCUT2D eigenvalue weighted by Crippen LogP contribution is -2.49. The third kappa shape index (κ3) is 5.76. The molecule has 0 aromatic heterocycles. The Kier molecular flexibility index (Phi) is 6.09. The van der Waals surface area contributed by atoms with E-state index < -0.39 is 5.60 Å². The van der Waals surface area contributed by atoms with Crippen molar-refractivity contribution in [3.8, 4) is 0 Å². The minimum absolute atomic E-state index is 0.179. The Morgan fingerprint density at radius 3 is 2.55 bits per heavy atom. The van der Waals surface area contributed by atoms with Gasteiger partial charge in [0.1, 0.15) is 5.60 Å². The second kappa shape index (κ2) is 7.64. The van der Waals surface area contributed by atoms with Crippen molar-refractivity contribution >= 4 is 6.09 Å². The van der Waals surface area contributed by atoms with Gasteiger partial charge in [-0.1, -0.05) is 12.8 Å². The van der Waals surface area contributed by atoms with Crippen LogP contribution in [0.1, 0.15) is 65.7 Å². The molecule has 3 unspecified atom stereocenters. The first-order chi connectivity index (χ1) is 10.3. The maximum atomic E-state index is 12.3. The third-order valence-electron chi connectivity index (χ3n) is 4.51. The summed E-state index contributed by atoms with van der Waals surface area (Å²) in [5, 5.41) is 3.75. The molecular weight excluding hydrogens is 278 g/mol. The molecule has 1 aliphatic carbocycles. The van der Waals surface area contributed by atoms with Crippen LogP contribution in [0.3, 0.4) is 0 Å². The summed E-state index contributed by atoms with van der Waals surface area (Å²) in [5.41, 5.74) is 5.65. The van der Waals surface area contributed by atoms with Gasteiger partial charge in [0, 0.05) is 31.2 Å². The van der Waals surface area contributed by atoms with Crippen molar-refractivity contribution in [2.24, 2.45) is 5.73 Å². The average Bonchev–Trinajstić information content (AvgIpc) is 2.62. The van der Waals surface area contributed by atoms with Crippen molar-refractivity contribution in [2.45, 2.75) is 89.4 Å². The molecule has 128 valence electrons. The van der Waals surface area contributed by atoms with E-state index >= 15 is 0 Å². The molecule has 3 atom stereocenters. The first kappa shape index (κ1) is 17.5. The highest BCUT2D eigenvalue weighted by molar-refractivity contribution is 5.68. The zero-order valence-corrected chi connectivity index (χ0v) is 14.4. The van der Waals surface area contributed by atoms with Gasteiger partial charge >= 0.3 is 6.09 Å². The van der Waals surface area contributed by atoms with E-state index in [4.69, 9.17) is 10.5 Å². The van der Waals surface area contributed by atoms with Gasteiger partial charge in [-0.15, -0.1) is 0 Å². The molecule has 0 aromatic carbocycles. The summed E-state index contributed by atoms with van der Waals surface area (Å²) in [7, 11) is 0. The van der Waals surface area contributed by atoms with E-state index in [9.17, 15) is 4.79 Å². The van der Waals surface area contributed by atoms with Crippen LogP contribution >= 0.6 is 0 Å². The highest BCUT2D eigenvalue weighted by Gasteiger charge is 2.28. The van der Waals surface area contributed by atoms with E-state index in [-0.39, 0.29) is 6.09 Å². The highest BCUT2D eigenvalue weighted by atomic mass is 16.6. The van der Waals surface area contributed by atoms with Crippen LogP contribution in [0.5, 0.6) is 0 Å². The van der Waals surface area contributed by atoms with Gasteiger partial charge in [0.15, 0.2) is 0 Å². The number of ether oxygens (including phenoxy) is 1. The molecule has 0 bridgehead atoms. The Labute approximate surface area is 134 Å². The quantitative estimate of drug-likeness (QED) is 0.822. The second-order valence-corrected chi connectivity index (χ2v) is 7.91. The fourth-order valence-electron chi connectivity index (χ4n) is 3.48. The van der Waals surface area contributed by atoms with E-state index in [1.807, 2.05) is 25.7 Å². The molecule has 1 heterocycles. The molecule has 0 aromatic rings. The number of amides is 1. The molecule has 2 rings (SSSR count). The van der Waals surface area contributed by atoms with E-state index in [0.717, 1.165) is 45.2 Å². The minimum atomic E-state index is -0.428. The molecule has 0 spiro atoms. The number of rotatable bonds is 2. The zero-order chi connectivity index (χ0) is 16.2. The number of carbonyl (C=O) groups excluding carboxylic acids is 1. The average molecular weight is 311 g/mol. The summed E-state index contributed by atoms with van der Waals surface area (Å²) >= 11 is 0. The number of likely N-dealkylation sites (tertiary alicyclic amines) is 1. The maximum absolute atomic E-state index is 12.3. The van der Waals surface area contributed by atoms with Gasteiger partial charge < -0.3 is 20.7 Å². The van der Waals surface area contributed by atoms with Crippen LogP contribution in [0.15, 0.2) is 0 Å². The van der Waals surface area contributed by atoms with Crippen molar-refractivity contribution in [2.75, 3.05) is 13.1 Å². The number of carbonyl (C=O) groups is 1. The Bertz CT molecular complexity index is 367. The summed E-state index contributed by atoms with van der Waals surface area (Å²) in [6.45, 7) is 7.31. The lowest BCUT2D eigenvalue weighted by atomic mass is 9.91. The van der Waals surface area contributed by atoms with Crippen molar-refractivity contribution in [1.29, 1.82) is 0 Å². The third-order valence-corrected chi connectivity index (χ3v) is 4.51. The van der Waals surface area contributed by atoms with Crippen LogP contribution in [0.4, 0.5) is 4.79 Å². The summed E-state index contributed by atoms with van der Waals surface area (Å²) in [5.74, 6) is 0. The molecule has 22 heavy (non-hydrogen) atoms. The van der Waals surface area contributed by atoms with Crippen LogP contribution in [0.2, 0.25) is 0 Å². The molecule has 1 saturated carbocycles. The molecule has 1 amide bonds. The molecule has 2 fully saturated rings. The Morgan fingerprint density at radius 1 is 1.14 bits per heavy atom. The fraction of sp³-hybridized carbons (Fsp3) is 0.941. The SMILES string of the molecule is CC(C)(C)OC(=O)N1CCCCC(NC2CCCC(N)C2)C1. The fourth-order valence-corrected chi connectivity index (χ4v) is 3.48. The Morgan fingerprint density at radius 2 is 1.86 bits per heavy atom. The molecule has 1 aliphatic heterocycles. The summed E-state index contributed by atoms with van der Waals surface area (Å²) in [4.78, 5) is 14.2. The van der Waals surface area contributed by atoms with Gasteiger partial charge in [0.2, 0.25) is 0 Å². The van der Waals surface area contributed by atoms with Crippen LogP contribution in [-0.4, -0.2) is 47.8 Å². The first-order valence-electron chi connectivity index (χ1n) is 8.83. The van der Waals surface area contributed by atoms with Crippen LogP contribution in [0, 0.1) is 0 Å². The molecule has 2 aliphatic rings. The van der Waals surface area contributed by atoms with Crippen LogP contribution in [-0.2, 0) is 4.74 Å². The van der Waals surface area contributed by atoms with Gasteiger partial charge in [-0.3, -0.25) is 0 Å². The summed E-state index contributed by atoms with van der Waals surface area (Å²) in [6, 6.07) is 1.21. The Hall–Kier alpha value is -0.810. The highest BCUT2D eigenvalue weighted by Crippen LogP contribution is 2.20. The van der Waals surface area contributed by atoms with Crippen molar-refractivity contribution in [1.82, 2.24) is 10.2 Å². The maximum Gasteiger partial charge on any atom is 0.410 e. The predicted molar refractivity (Wildman–Crippen MR) is 88.8 cm³/mol. The summed E-state index contributed by atoms with van der Waals surface area (Å²) in [6.07, 6.45) is 7.79. The molecule has 3 N–H and O–H groups in total. The number of nitrogens with zero attached hydrogens (tertiary/aromatic N) is 1. The minimum Gasteiger partial charge on any atom is -0.444 e. The zero-order valence-electron chi connectivity index (χ0n) is 14.4. The van der Waals surface area contributed by atoms with E-state index in [1.54, 1.807) is 0 Å². The van der Waals surface area contributed by atoms with Gasteiger partial charge in [0.05, 0.1) is 0 Å². The molecular formula is C17H33N3O2. The van der Waals surface area contributed by atoms with Crippen LogP contribution in [0.25, 0.3) is 0 Å². The predicted octanol–water partition coefficient (Wildman–Crippen LogP) is 2.64. The second-order valence-electron chi connectivity index (χ2n) is 7.91. The number of nitrogens with two attached hydrogens (primary N) is 1. The lowest BCUT2D eigenvalue weighted by Gasteiger charge is -2.33. The van der Waals surface area contributed by atoms with Gasteiger partial charge in [-0.2, -0.15) is 0 Å². The number of hydrogen-bond acceptors (Lipinski definition) is 4. The van der Waals surface area contributed by atoms with Crippen molar-refractivity contribution in [3.63, 3.8) is 0 Å².